The van der Waals surface area contributed by atoms with Gasteiger partial charge in [-0.25, -0.2) is 0 Å². The number of phenols is 2. The molecule has 2 N–H and O–H groups in total. The first-order valence-corrected chi connectivity index (χ1v) is 32.3. The monoisotopic (exact) mass is 1030 g/mol. The van der Waals surface area contributed by atoms with Gasteiger partial charge >= 0.3 is 0 Å². The molecular formula is C58H84N2O2S6. The molecule has 2 heterocycles. The molecule has 0 amide bonds. The lowest BCUT2D eigenvalue weighted by molar-refractivity contribution is 0.464. The summed E-state index contributed by atoms with van der Waals surface area (Å²) in [5.74, 6) is 0.721. The highest BCUT2D eigenvalue weighted by atomic mass is 32.3. The molecule has 68 heavy (non-hydrogen) atoms. The predicted octanol–water partition coefficient (Wildman–Crippen LogP) is 20.9. The highest BCUT2D eigenvalue weighted by molar-refractivity contribution is 8.41. The second-order valence-electron chi connectivity index (χ2n) is 18.7. The molecule has 5 rings (SSSR count). The number of aromatic hydroxyl groups is 2. The number of fused-ring (bicyclic) bond motifs is 1. The third kappa shape index (κ3) is 19.0. The molecule has 0 fully saturated rings. The van der Waals surface area contributed by atoms with E-state index < -0.39 is 0 Å². The normalized spacial score (nSPS) is 14.0. The van der Waals surface area contributed by atoms with E-state index in [-0.39, 0.29) is 0 Å². The van der Waals surface area contributed by atoms with Crippen molar-refractivity contribution >= 4 is 94.4 Å². The predicted molar refractivity (Wildman–Crippen MR) is 313 cm³/mol. The van der Waals surface area contributed by atoms with E-state index in [9.17, 15) is 10.2 Å². The van der Waals surface area contributed by atoms with Crippen molar-refractivity contribution < 1.29 is 10.2 Å². The van der Waals surface area contributed by atoms with Crippen molar-refractivity contribution in [3.63, 3.8) is 0 Å². The third-order valence-electron chi connectivity index (χ3n) is 13.0. The van der Waals surface area contributed by atoms with Gasteiger partial charge < -0.3 is 10.2 Å². The number of nitrogens with zero attached hydrogens (tertiary/aromatic N) is 2. The summed E-state index contributed by atoms with van der Waals surface area (Å²) in [5.41, 5.74) is 7.78. The molecular weight excluding hydrogens is 949 g/mol. The molecule has 0 saturated heterocycles. The number of hydrogen-bond acceptors (Lipinski definition) is 10. The summed E-state index contributed by atoms with van der Waals surface area (Å²) >= 11 is 11.1. The Morgan fingerprint density at radius 2 is 0.735 bits per heavy atom. The molecule has 0 radical (unpaired) electrons. The average molecular weight is 1030 g/mol. The summed E-state index contributed by atoms with van der Waals surface area (Å²) in [6, 6.07) is 13.3. The molecule has 0 aromatic heterocycles. The van der Waals surface area contributed by atoms with Crippen molar-refractivity contribution in [3.05, 3.63) is 86.7 Å². The molecule has 0 saturated carbocycles. The van der Waals surface area contributed by atoms with Gasteiger partial charge in [0, 0.05) is 33.3 Å². The maximum absolute atomic E-state index is 11.9. The van der Waals surface area contributed by atoms with Crippen LogP contribution in [0, 0.1) is 0 Å². The zero-order valence-corrected chi connectivity index (χ0v) is 47.6. The molecule has 10 heteroatoms. The van der Waals surface area contributed by atoms with Crippen molar-refractivity contribution in [1.29, 1.82) is 0 Å². The second-order valence-corrected chi connectivity index (χ2v) is 25.5. The van der Waals surface area contributed by atoms with Crippen LogP contribution in [0.2, 0.25) is 0 Å². The summed E-state index contributed by atoms with van der Waals surface area (Å²) < 4.78 is 5.40. The van der Waals surface area contributed by atoms with E-state index in [0.717, 1.165) is 85.0 Å². The van der Waals surface area contributed by atoms with Crippen LogP contribution in [0.3, 0.4) is 0 Å². The number of rotatable bonds is 34. The molecule has 4 nitrogen and oxygen atoms in total. The van der Waals surface area contributed by atoms with Crippen molar-refractivity contribution in [3.8, 4) is 11.5 Å². The van der Waals surface area contributed by atoms with E-state index in [1.54, 1.807) is 0 Å². The zero-order chi connectivity index (χ0) is 48.4. The summed E-state index contributed by atoms with van der Waals surface area (Å²) in [6.45, 7) is 9.09. The van der Waals surface area contributed by atoms with Gasteiger partial charge in [0.25, 0.3) is 0 Å². The fourth-order valence-corrected chi connectivity index (χ4v) is 16.8. The fraction of sp³-hybridized carbons (Fsp3) is 0.586. The maximum Gasteiger partial charge on any atom is 0.127 e. The van der Waals surface area contributed by atoms with E-state index in [0.29, 0.717) is 11.5 Å². The van der Waals surface area contributed by atoms with Gasteiger partial charge in [-0.05, 0) is 110 Å². The molecule has 0 unspecified atom stereocenters. The standard InChI is InChI=1S/C58H84N2O2S6/c1-7-11-15-19-23-27-31-43-35-45(33-29-25-21-17-13-9-3)53(61)47(37-43)41-59-49-39-51-52(66-57(65-51)58-67-55(63-5)56(64-6)68-58)40-50(49)60-42-48-38-44(32-28-24-20-16-12-8-2)36-46(54(48)62)34-30-26-22-18-14-10-4/h35-42,61-62H,7-34H2,1-6H3. The highest BCUT2D eigenvalue weighted by Crippen LogP contribution is 2.64. The Labute approximate surface area is 439 Å². The molecule has 0 spiro atoms. The molecule has 3 aromatic carbocycles. The summed E-state index contributed by atoms with van der Waals surface area (Å²) in [4.78, 5) is 12.8. The van der Waals surface area contributed by atoms with Crippen LogP contribution in [0.5, 0.6) is 11.5 Å². The van der Waals surface area contributed by atoms with Crippen LogP contribution in [0.25, 0.3) is 0 Å². The quantitative estimate of drug-likeness (QED) is 0.0453. The molecule has 0 bridgehead atoms. The lowest BCUT2D eigenvalue weighted by Gasteiger charge is -2.12. The fourth-order valence-electron chi connectivity index (χ4n) is 8.94. The molecule has 374 valence electrons. The Morgan fingerprint density at radius 3 is 1.09 bits per heavy atom. The minimum Gasteiger partial charge on any atom is -0.507 e. The van der Waals surface area contributed by atoms with E-state index in [1.165, 1.54) is 166 Å². The first-order valence-electron chi connectivity index (χ1n) is 26.6. The Morgan fingerprint density at radius 1 is 0.412 bits per heavy atom. The molecule has 2 aliphatic heterocycles. The molecule has 0 aliphatic carbocycles. The van der Waals surface area contributed by atoms with E-state index in [2.05, 4.69) is 76.6 Å². The number of aliphatic imine (C=N–C) groups is 2. The first kappa shape index (κ1) is 57.1. The van der Waals surface area contributed by atoms with Gasteiger partial charge in [0.05, 0.1) is 28.3 Å². The van der Waals surface area contributed by atoms with Gasteiger partial charge in [0.15, 0.2) is 0 Å². The first-order chi connectivity index (χ1) is 33.3. The molecule has 2 aliphatic rings. The van der Waals surface area contributed by atoms with E-state index in [4.69, 9.17) is 9.98 Å². The smallest absolute Gasteiger partial charge is 0.127 e. The van der Waals surface area contributed by atoms with Gasteiger partial charge in [0.1, 0.15) is 11.5 Å². The van der Waals surface area contributed by atoms with Crippen molar-refractivity contribution in [1.82, 2.24) is 0 Å². The largest absolute Gasteiger partial charge is 0.507 e. The average Bonchev–Trinajstić information content (AvgIpc) is 3.97. The van der Waals surface area contributed by atoms with Crippen molar-refractivity contribution in [2.45, 2.75) is 217 Å². The minimum atomic E-state index is 0.360. The van der Waals surface area contributed by atoms with Crippen molar-refractivity contribution in [2.75, 3.05) is 12.5 Å². The van der Waals surface area contributed by atoms with E-state index >= 15 is 0 Å². The van der Waals surface area contributed by atoms with Gasteiger partial charge in [-0.2, -0.15) is 0 Å². The lowest BCUT2D eigenvalue weighted by atomic mass is 9.96. The Kier molecular flexibility index (Phi) is 27.7. The molecule has 3 aromatic rings. The number of thioether (sulfide) groups is 6. The second kappa shape index (κ2) is 33.0. The summed E-state index contributed by atoms with van der Waals surface area (Å²) in [5, 5.41) is 23.7. The minimum absolute atomic E-state index is 0.360. The number of aryl methyl sites for hydroxylation is 4. The number of hydrogen-bond donors (Lipinski definition) is 2. The van der Waals surface area contributed by atoms with Crippen molar-refractivity contribution in [2.24, 2.45) is 9.98 Å². The Bertz CT molecular complexity index is 1980. The van der Waals surface area contributed by atoms with Crippen LogP contribution in [0.15, 0.2) is 73.1 Å². The van der Waals surface area contributed by atoms with Crippen LogP contribution in [0.1, 0.15) is 215 Å². The van der Waals surface area contributed by atoms with Crippen LogP contribution in [-0.2, 0) is 25.7 Å². The number of benzene rings is 3. The third-order valence-corrected chi connectivity index (χ3v) is 21.3. The van der Waals surface area contributed by atoms with Gasteiger partial charge in [-0.15, -0.1) is 23.5 Å². The van der Waals surface area contributed by atoms with E-state index in [1.807, 2.05) is 83.0 Å². The highest BCUT2D eigenvalue weighted by Gasteiger charge is 2.29. The SMILES string of the molecule is CCCCCCCCc1cc(C=Nc2cc3c(cc2N=Cc2cc(CCCCCCCC)cc(CCCCCCCC)c2O)SC(=C2SC(SC)=C(SC)S2)S3)c(O)c(CCCCCCCC)c1. The molecule has 0 atom stereocenters. The van der Waals surface area contributed by atoms with Gasteiger partial charge in [0.2, 0.25) is 0 Å². The van der Waals surface area contributed by atoms with Gasteiger partial charge in [-0.3, -0.25) is 9.98 Å². The Hall–Kier alpha value is -1.82. The maximum atomic E-state index is 11.9. The van der Waals surface area contributed by atoms with Crippen LogP contribution < -0.4 is 0 Å². The Balaban J connectivity index is 1.49. The zero-order valence-electron chi connectivity index (χ0n) is 42.7. The van der Waals surface area contributed by atoms with Gasteiger partial charge in [-0.1, -0.05) is 215 Å². The van der Waals surface area contributed by atoms with Crippen LogP contribution >= 0.6 is 70.6 Å². The number of phenolic OH excluding ortho intramolecular Hbond substituents is 2. The van der Waals surface area contributed by atoms with Crippen LogP contribution in [0.4, 0.5) is 11.4 Å². The lowest BCUT2D eigenvalue weighted by Crippen LogP contribution is -1.97. The summed E-state index contributed by atoms with van der Waals surface area (Å²) in [7, 11) is 0. The summed E-state index contributed by atoms with van der Waals surface area (Å²) in [6.07, 6.45) is 41.8. The van der Waals surface area contributed by atoms with Crippen LogP contribution in [-0.4, -0.2) is 35.2 Å². The number of unbranched alkanes of at least 4 members (excludes halogenated alkanes) is 20. The topological polar surface area (TPSA) is 65.2 Å².